The van der Waals surface area contributed by atoms with E-state index in [1.165, 1.54) is 18.3 Å². The van der Waals surface area contributed by atoms with Crippen molar-refractivity contribution in [2.24, 2.45) is 0 Å². The second-order valence-electron chi connectivity index (χ2n) is 6.87. The van der Waals surface area contributed by atoms with Gasteiger partial charge < -0.3 is 15.4 Å². The van der Waals surface area contributed by atoms with Gasteiger partial charge in [-0.2, -0.15) is 0 Å². The van der Waals surface area contributed by atoms with Gasteiger partial charge in [-0.05, 0) is 43.7 Å². The highest BCUT2D eigenvalue weighted by atomic mass is 32.1. The number of rotatable bonds is 6. The van der Waals surface area contributed by atoms with Crippen LogP contribution in [0, 0.1) is 0 Å². The lowest BCUT2D eigenvalue weighted by Crippen LogP contribution is -2.31. The number of hydrogen-bond donors (Lipinski definition) is 2. The third-order valence-corrected chi connectivity index (χ3v) is 5.88. The van der Waals surface area contributed by atoms with Gasteiger partial charge in [-0.25, -0.2) is 4.79 Å². The first-order valence-electron chi connectivity index (χ1n) is 9.39. The Balaban J connectivity index is 1.65. The van der Waals surface area contributed by atoms with Crippen LogP contribution in [0.4, 0.5) is 5.00 Å². The van der Waals surface area contributed by atoms with Gasteiger partial charge in [0.05, 0.1) is 11.6 Å². The molecule has 1 atom stereocenters. The molecule has 0 fully saturated rings. The minimum Gasteiger partial charge on any atom is -0.452 e. The molecule has 2 amide bonds. The second-order valence-corrected chi connectivity index (χ2v) is 7.98. The zero-order valence-corrected chi connectivity index (χ0v) is 16.9. The van der Waals surface area contributed by atoms with Crippen molar-refractivity contribution < 1.29 is 19.1 Å². The molecule has 1 aromatic carbocycles. The number of carbonyl (C=O) groups excluding carboxylic acids is 3. The highest BCUT2D eigenvalue weighted by Crippen LogP contribution is 2.38. The lowest BCUT2D eigenvalue weighted by atomic mass is 9.95. The summed E-state index contributed by atoms with van der Waals surface area (Å²) >= 11 is 1.43. The van der Waals surface area contributed by atoms with Crippen molar-refractivity contribution >= 4 is 34.1 Å². The van der Waals surface area contributed by atoms with E-state index in [2.05, 4.69) is 10.6 Å². The Kier molecular flexibility index (Phi) is 6.46. The normalized spacial score (nSPS) is 13.9. The van der Waals surface area contributed by atoms with Crippen LogP contribution in [0.15, 0.2) is 30.3 Å². The third-order valence-electron chi connectivity index (χ3n) is 4.68. The van der Waals surface area contributed by atoms with E-state index in [-0.39, 0.29) is 24.5 Å². The zero-order valence-electron chi connectivity index (χ0n) is 16.0. The molecule has 7 heteroatoms. The summed E-state index contributed by atoms with van der Waals surface area (Å²) in [4.78, 5) is 37.5. The quantitative estimate of drug-likeness (QED) is 0.726. The molecule has 2 N–H and O–H groups in total. The van der Waals surface area contributed by atoms with Crippen molar-refractivity contribution in [3.8, 4) is 0 Å². The number of esters is 1. The molecule has 0 saturated heterocycles. The van der Waals surface area contributed by atoms with E-state index in [1.807, 2.05) is 37.3 Å². The van der Waals surface area contributed by atoms with Crippen LogP contribution in [0.1, 0.15) is 59.1 Å². The summed E-state index contributed by atoms with van der Waals surface area (Å²) in [5.74, 6) is -1.16. The molecule has 1 heterocycles. The van der Waals surface area contributed by atoms with Gasteiger partial charge in [-0.3, -0.25) is 9.59 Å². The van der Waals surface area contributed by atoms with Crippen LogP contribution in [0.25, 0.3) is 0 Å². The van der Waals surface area contributed by atoms with Gasteiger partial charge in [0.25, 0.3) is 5.91 Å². The third kappa shape index (κ3) is 4.78. The van der Waals surface area contributed by atoms with Gasteiger partial charge >= 0.3 is 5.97 Å². The average Bonchev–Trinajstić information content (AvgIpc) is 3.04. The summed E-state index contributed by atoms with van der Waals surface area (Å²) in [6.07, 6.45) is 3.75. The predicted molar refractivity (Wildman–Crippen MR) is 109 cm³/mol. The molecule has 6 nitrogen and oxygen atoms in total. The lowest BCUT2D eigenvalue weighted by molar-refractivity contribution is -0.124. The zero-order chi connectivity index (χ0) is 20.1. The molecule has 1 aromatic heterocycles. The van der Waals surface area contributed by atoms with E-state index in [0.29, 0.717) is 10.6 Å². The number of carbonyl (C=O) groups is 3. The Morgan fingerprint density at radius 2 is 1.86 bits per heavy atom. The smallest absolute Gasteiger partial charge is 0.341 e. The summed E-state index contributed by atoms with van der Waals surface area (Å²) in [5, 5.41) is 6.07. The summed E-state index contributed by atoms with van der Waals surface area (Å²) in [6.45, 7) is 2.92. The number of fused-ring (bicyclic) bond motifs is 1. The Bertz CT molecular complexity index is 876. The highest BCUT2D eigenvalue weighted by Gasteiger charge is 2.27. The molecule has 2 aromatic rings. The van der Waals surface area contributed by atoms with Crippen molar-refractivity contribution in [2.75, 3.05) is 11.9 Å². The largest absolute Gasteiger partial charge is 0.452 e. The van der Waals surface area contributed by atoms with E-state index in [0.717, 1.165) is 41.7 Å². The monoisotopic (exact) mass is 400 g/mol. The van der Waals surface area contributed by atoms with Crippen molar-refractivity contribution in [3.05, 3.63) is 51.9 Å². The molecule has 0 unspecified atom stereocenters. The molecule has 1 aliphatic carbocycles. The number of anilines is 1. The number of benzene rings is 1. The van der Waals surface area contributed by atoms with Gasteiger partial charge in [0.15, 0.2) is 6.61 Å². The van der Waals surface area contributed by atoms with Crippen LogP contribution < -0.4 is 10.6 Å². The van der Waals surface area contributed by atoms with Gasteiger partial charge in [0.2, 0.25) is 5.91 Å². The first-order valence-corrected chi connectivity index (χ1v) is 10.2. The molecule has 1 aliphatic rings. The number of ether oxygens (including phenoxy) is 1. The van der Waals surface area contributed by atoms with Crippen molar-refractivity contribution in [2.45, 2.75) is 45.6 Å². The van der Waals surface area contributed by atoms with Crippen molar-refractivity contribution in [1.82, 2.24) is 5.32 Å². The van der Waals surface area contributed by atoms with Gasteiger partial charge in [-0.1, -0.05) is 30.3 Å². The molecule has 0 radical (unpaired) electrons. The van der Waals surface area contributed by atoms with Crippen LogP contribution in [-0.4, -0.2) is 24.4 Å². The van der Waals surface area contributed by atoms with Gasteiger partial charge in [0, 0.05) is 11.8 Å². The Morgan fingerprint density at radius 3 is 2.57 bits per heavy atom. The van der Waals surface area contributed by atoms with Crippen LogP contribution in [0.5, 0.6) is 0 Å². The fourth-order valence-corrected chi connectivity index (χ4v) is 4.66. The number of aryl methyl sites for hydroxylation is 1. The maximum atomic E-state index is 12.7. The van der Waals surface area contributed by atoms with E-state index < -0.39 is 5.97 Å². The molecular formula is C21H24N2O4S. The van der Waals surface area contributed by atoms with Crippen molar-refractivity contribution in [1.29, 1.82) is 0 Å². The SMILES string of the molecule is CC(=O)Nc1sc2c(c1C(=O)OCC(=O)N[C@@H](C)c1ccccc1)CCCC2. The summed E-state index contributed by atoms with van der Waals surface area (Å²) < 4.78 is 5.28. The fraction of sp³-hybridized carbons (Fsp3) is 0.381. The Morgan fingerprint density at radius 1 is 1.14 bits per heavy atom. The molecule has 0 aliphatic heterocycles. The molecular weight excluding hydrogens is 376 g/mol. The summed E-state index contributed by atoms with van der Waals surface area (Å²) in [7, 11) is 0. The standard InChI is InChI=1S/C21H24N2O4S/c1-13(15-8-4-3-5-9-15)22-18(25)12-27-21(26)19-16-10-6-7-11-17(16)28-20(19)23-14(2)24/h3-5,8-9,13H,6-7,10-12H2,1-2H3,(H,22,25)(H,23,24)/t13-/m0/s1. The van der Waals surface area contributed by atoms with Crippen LogP contribution in [0.2, 0.25) is 0 Å². The maximum Gasteiger partial charge on any atom is 0.341 e. The Labute approximate surface area is 168 Å². The van der Waals surface area contributed by atoms with E-state index in [4.69, 9.17) is 4.74 Å². The minimum absolute atomic E-state index is 0.184. The average molecular weight is 401 g/mol. The van der Waals surface area contributed by atoms with Crippen LogP contribution >= 0.6 is 11.3 Å². The first kappa shape index (κ1) is 20.1. The number of nitrogens with one attached hydrogen (secondary N) is 2. The second kappa shape index (κ2) is 9.01. The molecule has 148 valence electrons. The minimum atomic E-state index is -0.564. The first-order chi connectivity index (χ1) is 13.5. The number of thiophene rings is 1. The summed E-state index contributed by atoms with van der Waals surface area (Å²) in [6, 6.07) is 9.38. The van der Waals surface area contributed by atoms with E-state index >= 15 is 0 Å². The number of amides is 2. The summed E-state index contributed by atoms with van der Waals surface area (Å²) in [5.41, 5.74) is 2.32. The molecule has 0 spiro atoms. The van der Waals surface area contributed by atoms with Crippen LogP contribution in [0.3, 0.4) is 0 Å². The predicted octanol–water partition coefficient (Wildman–Crippen LogP) is 3.62. The van der Waals surface area contributed by atoms with Crippen molar-refractivity contribution in [3.63, 3.8) is 0 Å². The van der Waals surface area contributed by atoms with Gasteiger partial charge in [0.1, 0.15) is 5.00 Å². The maximum absolute atomic E-state index is 12.7. The Hall–Kier alpha value is -2.67. The van der Waals surface area contributed by atoms with E-state index in [1.54, 1.807) is 0 Å². The number of hydrogen-bond acceptors (Lipinski definition) is 5. The molecule has 3 rings (SSSR count). The lowest BCUT2D eigenvalue weighted by Gasteiger charge is -2.15. The highest BCUT2D eigenvalue weighted by molar-refractivity contribution is 7.17. The topological polar surface area (TPSA) is 84.5 Å². The fourth-order valence-electron chi connectivity index (χ4n) is 3.34. The van der Waals surface area contributed by atoms with Crippen LogP contribution in [-0.2, 0) is 27.2 Å². The molecule has 0 saturated carbocycles. The van der Waals surface area contributed by atoms with Gasteiger partial charge in [-0.15, -0.1) is 11.3 Å². The molecule has 28 heavy (non-hydrogen) atoms. The molecule has 0 bridgehead atoms. The van der Waals surface area contributed by atoms with E-state index in [9.17, 15) is 14.4 Å².